The maximum absolute atomic E-state index is 12.4. The summed E-state index contributed by atoms with van der Waals surface area (Å²) in [5.41, 5.74) is 4.85. The first kappa shape index (κ1) is 18.1. The van der Waals surface area contributed by atoms with Crippen LogP contribution in [0.3, 0.4) is 0 Å². The van der Waals surface area contributed by atoms with Crippen molar-refractivity contribution in [2.75, 3.05) is 25.5 Å². The molecule has 2 heterocycles. The Morgan fingerprint density at radius 1 is 1.04 bits per heavy atom. The standard InChI is InChI=1S/C21H26N4O/c1-5-24(14-17-9-11-19(12-10-17)23(3)4)15-18-13-21(26)25-16(2)7-6-8-20(25)22-18/h6-13H,5,14-15H2,1-4H3. The molecule has 26 heavy (non-hydrogen) atoms. The summed E-state index contributed by atoms with van der Waals surface area (Å²) in [5.74, 6) is 0. The molecule has 0 radical (unpaired) electrons. The van der Waals surface area contributed by atoms with E-state index in [1.165, 1.54) is 11.3 Å². The van der Waals surface area contributed by atoms with E-state index in [4.69, 9.17) is 0 Å². The number of aryl methyl sites for hydroxylation is 1. The van der Waals surface area contributed by atoms with Gasteiger partial charge < -0.3 is 4.90 Å². The normalized spacial score (nSPS) is 11.3. The molecule has 3 rings (SSSR count). The minimum atomic E-state index is -0.0190. The molecule has 0 amide bonds. The van der Waals surface area contributed by atoms with Crippen molar-refractivity contribution in [3.8, 4) is 0 Å². The first-order valence-electron chi connectivity index (χ1n) is 8.95. The van der Waals surface area contributed by atoms with Crippen LogP contribution in [0.2, 0.25) is 0 Å². The fraction of sp³-hybridized carbons (Fsp3) is 0.333. The van der Waals surface area contributed by atoms with E-state index in [1.54, 1.807) is 10.5 Å². The molecule has 0 atom stereocenters. The highest BCUT2D eigenvalue weighted by Gasteiger charge is 2.09. The van der Waals surface area contributed by atoms with E-state index >= 15 is 0 Å². The van der Waals surface area contributed by atoms with E-state index in [2.05, 4.69) is 46.0 Å². The number of pyridine rings is 1. The van der Waals surface area contributed by atoms with Crippen molar-refractivity contribution in [1.82, 2.24) is 14.3 Å². The monoisotopic (exact) mass is 350 g/mol. The number of rotatable bonds is 6. The lowest BCUT2D eigenvalue weighted by Crippen LogP contribution is -2.25. The van der Waals surface area contributed by atoms with Crippen molar-refractivity contribution in [1.29, 1.82) is 0 Å². The second-order valence-corrected chi connectivity index (χ2v) is 6.81. The van der Waals surface area contributed by atoms with Gasteiger partial charge in [-0.3, -0.25) is 14.1 Å². The van der Waals surface area contributed by atoms with E-state index in [-0.39, 0.29) is 5.56 Å². The summed E-state index contributed by atoms with van der Waals surface area (Å²) < 4.78 is 1.65. The highest BCUT2D eigenvalue weighted by Crippen LogP contribution is 2.15. The average Bonchev–Trinajstić information content (AvgIpc) is 2.61. The summed E-state index contributed by atoms with van der Waals surface area (Å²) in [6.07, 6.45) is 0. The average molecular weight is 350 g/mol. The molecule has 0 spiro atoms. The Hall–Kier alpha value is -2.66. The lowest BCUT2D eigenvalue weighted by molar-refractivity contribution is 0.268. The highest BCUT2D eigenvalue weighted by molar-refractivity contribution is 5.46. The molecule has 5 heteroatoms. The zero-order valence-corrected chi connectivity index (χ0v) is 15.9. The van der Waals surface area contributed by atoms with Gasteiger partial charge in [0.05, 0.1) is 5.69 Å². The van der Waals surface area contributed by atoms with Crippen LogP contribution in [0.5, 0.6) is 0 Å². The molecule has 0 saturated heterocycles. The molecule has 0 aliphatic heterocycles. The second kappa shape index (κ2) is 7.70. The lowest BCUT2D eigenvalue weighted by atomic mass is 10.2. The Morgan fingerprint density at radius 2 is 1.77 bits per heavy atom. The van der Waals surface area contributed by atoms with Crippen molar-refractivity contribution >= 4 is 11.3 Å². The third-order valence-electron chi connectivity index (χ3n) is 4.62. The molecule has 0 aliphatic carbocycles. The molecular formula is C21H26N4O. The number of hydrogen-bond donors (Lipinski definition) is 0. The van der Waals surface area contributed by atoms with Gasteiger partial charge in [0.15, 0.2) is 0 Å². The van der Waals surface area contributed by atoms with Gasteiger partial charge >= 0.3 is 0 Å². The summed E-state index contributed by atoms with van der Waals surface area (Å²) in [7, 11) is 4.08. The van der Waals surface area contributed by atoms with E-state index in [9.17, 15) is 4.79 Å². The number of benzene rings is 1. The Balaban J connectivity index is 1.80. The molecule has 0 N–H and O–H groups in total. The zero-order valence-electron chi connectivity index (χ0n) is 15.9. The molecule has 5 nitrogen and oxygen atoms in total. The van der Waals surface area contributed by atoms with Crippen LogP contribution in [-0.4, -0.2) is 34.9 Å². The fourth-order valence-corrected chi connectivity index (χ4v) is 3.11. The number of anilines is 1. The van der Waals surface area contributed by atoms with Gasteiger partial charge in [-0.2, -0.15) is 0 Å². The first-order valence-corrected chi connectivity index (χ1v) is 8.95. The molecule has 1 aromatic carbocycles. The quantitative estimate of drug-likeness (QED) is 0.685. The maximum atomic E-state index is 12.4. The van der Waals surface area contributed by atoms with Crippen molar-refractivity contribution in [2.45, 2.75) is 26.9 Å². The van der Waals surface area contributed by atoms with E-state index in [0.29, 0.717) is 12.2 Å². The Bertz CT molecular complexity index is 944. The van der Waals surface area contributed by atoms with Gasteiger partial charge in [0.2, 0.25) is 0 Å². The number of aromatic nitrogens is 2. The highest BCUT2D eigenvalue weighted by atomic mass is 16.1. The maximum Gasteiger partial charge on any atom is 0.258 e. The first-order chi connectivity index (χ1) is 12.5. The Kier molecular flexibility index (Phi) is 5.38. The van der Waals surface area contributed by atoms with Gasteiger partial charge in [0.1, 0.15) is 5.65 Å². The second-order valence-electron chi connectivity index (χ2n) is 6.81. The van der Waals surface area contributed by atoms with E-state index < -0.39 is 0 Å². The number of fused-ring (bicyclic) bond motifs is 1. The van der Waals surface area contributed by atoms with Crippen molar-refractivity contribution in [2.24, 2.45) is 0 Å². The summed E-state index contributed by atoms with van der Waals surface area (Å²) >= 11 is 0. The van der Waals surface area contributed by atoms with Gasteiger partial charge in [-0.1, -0.05) is 25.1 Å². The largest absolute Gasteiger partial charge is 0.378 e. The predicted molar refractivity (Wildman–Crippen MR) is 107 cm³/mol. The van der Waals surface area contributed by atoms with Gasteiger partial charge in [0.25, 0.3) is 5.56 Å². The molecular weight excluding hydrogens is 324 g/mol. The third-order valence-corrected chi connectivity index (χ3v) is 4.62. The van der Waals surface area contributed by atoms with E-state index in [1.807, 2.05) is 39.2 Å². The molecule has 0 bridgehead atoms. The van der Waals surface area contributed by atoms with Crippen LogP contribution >= 0.6 is 0 Å². The molecule has 2 aromatic heterocycles. The fourth-order valence-electron chi connectivity index (χ4n) is 3.11. The molecule has 3 aromatic rings. The summed E-state index contributed by atoms with van der Waals surface area (Å²) in [6.45, 7) is 6.44. The summed E-state index contributed by atoms with van der Waals surface area (Å²) in [6, 6.07) is 16.0. The van der Waals surface area contributed by atoms with Crippen molar-refractivity contribution in [3.63, 3.8) is 0 Å². The SMILES string of the molecule is CCN(Cc1ccc(N(C)C)cc1)Cc1cc(=O)n2c(C)cccc2n1. The van der Waals surface area contributed by atoms with Crippen LogP contribution in [0.4, 0.5) is 5.69 Å². The molecule has 0 fully saturated rings. The summed E-state index contributed by atoms with van der Waals surface area (Å²) in [4.78, 5) is 21.5. The van der Waals surface area contributed by atoms with Crippen LogP contribution in [0, 0.1) is 6.92 Å². The Morgan fingerprint density at radius 3 is 2.42 bits per heavy atom. The Labute approximate surface area is 154 Å². The molecule has 0 aliphatic rings. The molecule has 0 saturated carbocycles. The van der Waals surface area contributed by atoms with Crippen LogP contribution in [0.15, 0.2) is 53.3 Å². The van der Waals surface area contributed by atoms with Gasteiger partial charge in [-0.05, 0) is 43.3 Å². The van der Waals surface area contributed by atoms with Crippen LogP contribution < -0.4 is 10.5 Å². The molecule has 0 unspecified atom stereocenters. The summed E-state index contributed by atoms with van der Waals surface area (Å²) in [5, 5.41) is 0. The minimum absolute atomic E-state index is 0.0190. The van der Waals surface area contributed by atoms with Crippen LogP contribution in [-0.2, 0) is 13.1 Å². The smallest absolute Gasteiger partial charge is 0.258 e. The van der Waals surface area contributed by atoms with Gasteiger partial charge in [-0.25, -0.2) is 4.98 Å². The van der Waals surface area contributed by atoms with Crippen molar-refractivity contribution < 1.29 is 0 Å². The van der Waals surface area contributed by atoms with Crippen molar-refractivity contribution in [3.05, 3.63) is 75.8 Å². The minimum Gasteiger partial charge on any atom is -0.378 e. The van der Waals surface area contributed by atoms with Crippen LogP contribution in [0.25, 0.3) is 5.65 Å². The van der Waals surface area contributed by atoms with E-state index in [0.717, 1.165) is 24.5 Å². The predicted octanol–water partition coefficient (Wildman–Crippen LogP) is 3.09. The number of hydrogen-bond acceptors (Lipinski definition) is 4. The van der Waals surface area contributed by atoms with Crippen LogP contribution in [0.1, 0.15) is 23.9 Å². The van der Waals surface area contributed by atoms with Gasteiger partial charge in [0, 0.05) is 44.6 Å². The third kappa shape index (κ3) is 3.94. The topological polar surface area (TPSA) is 40.9 Å². The van der Waals surface area contributed by atoms with Gasteiger partial charge in [-0.15, -0.1) is 0 Å². The zero-order chi connectivity index (χ0) is 18.7. The lowest BCUT2D eigenvalue weighted by Gasteiger charge is -2.21. The number of nitrogens with zero attached hydrogens (tertiary/aromatic N) is 4. The molecule has 136 valence electrons.